The third-order valence-corrected chi connectivity index (χ3v) is 7.55. The molecule has 0 unspecified atom stereocenters. The Hall–Kier alpha value is -2.01. The Balaban J connectivity index is 1.77. The number of benzene rings is 1. The maximum Gasteiger partial charge on any atom is 0.322 e. The largest absolute Gasteiger partial charge is 0.466 e. The van der Waals surface area contributed by atoms with Crippen LogP contribution in [0.4, 0.5) is 4.79 Å². The lowest BCUT2D eigenvalue weighted by Crippen LogP contribution is -2.56. The van der Waals surface area contributed by atoms with Crippen LogP contribution in [0.1, 0.15) is 78.9 Å². The molecule has 1 atom stereocenters. The summed E-state index contributed by atoms with van der Waals surface area (Å²) in [6.07, 6.45) is 5.56. The van der Waals surface area contributed by atoms with Gasteiger partial charge >= 0.3 is 12.0 Å². The molecule has 5 nitrogen and oxygen atoms in total. The minimum Gasteiger partial charge on any atom is -0.466 e. The molecule has 34 heavy (non-hydrogen) atoms. The molecule has 2 amide bonds. The minimum atomic E-state index is -0.624. The fraction of sp³-hybridized carbons (Fsp3) is 0.643. The predicted octanol–water partition coefficient (Wildman–Crippen LogP) is 6.69. The van der Waals surface area contributed by atoms with Crippen LogP contribution in [0, 0.1) is 23.2 Å². The first-order chi connectivity index (χ1) is 15.8. The highest BCUT2D eigenvalue weighted by Crippen LogP contribution is 2.40. The summed E-state index contributed by atoms with van der Waals surface area (Å²) in [5.74, 6) is 0.401. The number of nitrogens with one attached hydrogen (secondary N) is 1. The number of ether oxygens (including phenoxy) is 1. The third-order valence-electron chi connectivity index (χ3n) is 7.20. The van der Waals surface area contributed by atoms with E-state index in [1.165, 1.54) is 0 Å². The van der Waals surface area contributed by atoms with Crippen LogP contribution >= 0.6 is 11.6 Å². The minimum absolute atomic E-state index is 0.0319. The smallest absolute Gasteiger partial charge is 0.322 e. The van der Waals surface area contributed by atoms with Crippen molar-refractivity contribution in [3.63, 3.8) is 0 Å². The molecule has 1 N–H and O–H groups in total. The normalized spacial score (nSPS) is 25.0. The van der Waals surface area contributed by atoms with Gasteiger partial charge in [0.15, 0.2) is 0 Å². The van der Waals surface area contributed by atoms with Crippen molar-refractivity contribution in [3.8, 4) is 0 Å². The van der Waals surface area contributed by atoms with Crippen molar-refractivity contribution in [1.82, 2.24) is 10.2 Å². The summed E-state index contributed by atoms with van der Waals surface area (Å²) in [5.41, 5.74) is 2.91. The van der Waals surface area contributed by atoms with Gasteiger partial charge in [-0.1, -0.05) is 58.4 Å². The van der Waals surface area contributed by atoms with E-state index in [1.807, 2.05) is 19.2 Å². The molecule has 6 heteroatoms. The monoisotopic (exact) mass is 488 g/mol. The molecule has 1 aliphatic heterocycles. The quantitative estimate of drug-likeness (QED) is 0.415. The Morgan fingerprint density at radius 1 is 1.29 bits per heavy atom. The van der Waals surface area contributed by atoms with E-state index in [9.17, 15) is 9.59 Å². The van der Waals surface area contributed by atoms with E-state index in [0.29, 0.717) is 19.1 Å². The van der Waals surface area contributed by atoms with Crippen molar-refractivity contribution < 1.29 is 14.3 Å². The van der Waals surface area contributed by atoms with Crippen LogP contribution in [0.3, 0.4) is 0 Å². The lowest BCUT2D eigenvalue weighted by Gasteiger charge is -2.44. The summed E-state index contributed by atoms with van der Waals surface area (Å²) in [7, 11) is 0. The summed E-state index contributed by atoms with van der Waals surface area (Å²) >= 11 is 6.71. The number of halogens is 1. The molecular weight excluding hydrogens is 448 g/mol. The SMILES string of the molecule is CCOC(=O)C1CC(CN2C=C(C(C)C)[C@](C)(c3ccc(CCC(C)(C)C)c(Cl)c3)NC2=O)C1. The molecule has 0 bridgehead atoms. The third kappa shape index (κ3) is 5.97. The maximum absolute atomic E-state index is 13.2. The standard InChI is InChI=1S/C28H41ClN2O3/c1-8-34-25(32)21-13-19(14-21)16-31-17-23(18(2)3)28(7,30-26(31)33)22-10-9-20(24(29)15-22)11-12-27(4,5)6/h9-10,15,17-19,21H,8,11-14,16H2,1-7H3,(H,30,33)/t19?,21?,28-/m0/s1. The summed E-state index contributed by atoms with van der Waals surface area (Å²) in [5, 5.41) is 4.02. The number of rotatable bonds is 8. The van der Waals surface area contributed by atoms with Crippen LogP contribution in [0.25, 0.3) is 0 Å². The van der Waals surface area contributed by atoms with Gasteiger partial charge in [-0.25, -0.2) is 4.79 Å². The number of aryl methyl sites for hydroxylation is 1. The molecule has 0 spiro atoms. The van der Waals surface area contributed by atoms with Gasteiger partial charge in [0.25, 0.3) is 0 Å². The average Bonchev–Trinajstić information content (AvgIpc) is 2.69. The number of nitrogens with zero attached hydrogens (tertiary/aromatic N) is 1. The van der Waals surface area contributed by atoms with Gasteiger partial charge in [0.2, 0.25) is 0 Å². The van der Waals surface area contributed by atoms with Crippen molar-refractivity contribution in [1.29, 1.82) is 0 Å². The van der Waals surface area contributed by atoms with Crippen LogP contribution in [-0.2, 0) is 21.5 Å². The van der Waals surface area contributed by atoms with E-state index in [-0.39, 0.29) is 29.3 Å². The molecule has 3 rings (SSSR count). The molecule has 0 saturated heterocycles. The molecule has 1 fully saturated rings. The van der Waals surface area contributed by atoms with Crippen LogP contribution < -0.4 is 5.32 Å². The summed E-state index contributed by atoms with van der Waals surface area (Å²) < 4.78 is 5.13. The zero-order valence-corrected chi connectivity index (χ0v) is 22.6. The number of carbonyl (C=O) groups excluding carboxylic acids is 2. The number of esters is 1. The molecular formula is C28H41ClN2O3. The zero-order chi connectivity index (χ0) is 25.3. The van der Waals surface area contributed by atoms with Crippen molar-refractivity contribution in [3.05, 3.63) is 46.1 Å². The summed E-state index contributed by atoms with van der Waals surface area (Å²) in [4.78, 5) is 26.8. The molecule has 1 aromatic carbocycles. The second-order valence-corrected chi connectivity index (χ2v) is 12.0. The molecule has 0 radical (unpaired) electrons. The zero-order valence-electron chi connectivity index (χ0n) is 21.8. The lowest BCUT2D eigenvalue weighted by atomic mass is 9.74. The first-order valence-electron chi connectivity index (χ1n) is 12.6. The van der Waals surface area contributed by atoms with Crippen molar-refractivity contribution in [2.24, 2.45) is 23.2 Å². The van der Waals surface area contributed by atoms with Crippen molar-refractivity contribution in [2.75, 3.05) is 13.2 Å². The van der Waals surface area contributed by atoms with E-state index in [1.54, 1.807) is 4.90 Å². The Morgan fingerprint density at radius 3 is 2.53 bits per heavy atom. The fourth-order valence-electron chi connectivity index (χ4n) is 5.00. The van der Waals surface area contributed by atoms with Crippen LogP contribution in [0.15, 0.2) is 30.0 Å². The lowest BCUT2D eigenvalue weighted by molar-refractivity contribution is -0.152. The van der Waals surface area contributed by atoms with E-state index in [0.717, 1.165) is 47.4 Å². The Bertz CT molecular complexity index is 943. The van der Waals surface area contributed by atoms with Gasteiger partial charge in [-0.15, -0.1) is 0 Å². The van der Waals surface area contributed by atoms with E-state index in [4.69, 9.17) is 16.3 Å². The first-order valence-corrected chi connectivity index (χ1v) is 13.0. The Labute approximate surface area is 210 Å². The number of amides is 2. The second-order valence-electron chi connectivity index (χ2n) is 11.6. The summed E-state index contributed by atoms with van der Waals surface area (Å²) in [6.45, 7) is 15.9. The Kier molecular flexibility index (Phi) is 8.07. The molecule has 1 aliphatic carbocycles. The Morgan fingerprint density at radius 2 is 1.97 bits per heavy atom. The molecule has 0 aromatic heterocycles. The first kappa shape index (κ1) is 26.6. The van der Waals surface area contributed by atoms with Gasteiger partial charge in [0.1, 0.15) is 0 Å². The average molecular weight is 489 g/mol. The number of hydrogen-bond acceptors (Lipinski definition) is 3. The van der Waals surface area contributed by atoms with Crippen LogP contribution in [-0.4, -0.2) is 30.1 Å². The molecule has 2 aliphatic rings. The fourth-order valence-corrected chi connectivity index (χ4v) is 5.28. The van der Waals surface area contributed by atoms with E-state index in [2.05, 4.69) is 59.0 Å². The van der Waals surface area contributed by atoms with Crippen LogP contribution in [0.5, 0.6) is 0 Å². The number of hydrogen-bond donors (Lipinski definition) is 1. The van der Waals surface area contributed by atoms with Gasteiger partial charge in [-0.05, 0) is 79.5 Å². The predicted molar refractivity (Wildman–Crippen MR) is 138 cm³/mol. The van der Waals surface area contributed by atoms with Gasteiger partial charge < -0.3 is 15.0 Å². The number of urea groups is 1. The molecule has 188 valence electrons. The van der Waals surface area contributed by atoms with Crippen molar-refractivity contribution >= 4 is 23.6 Å². The summed E-state index contributed by atoms with van der Waals surface area (Å²) in [6, 6.07) is 6.11. The highest BCUT2D eigenvalue weighted by Gasteiger charge is 2.42. The maximum atomic E-state index is 13.2. The van der Waals surface area contributed by atoms with Gasteiger partial charge in [-0.3, -0.25) is 4.79 Å². The molecule has 1 heterocycles. The van der Waals surface area contributed by atoms with Gasteiger partial charge in [0.05, 0.1) is 18.1 Å². The van der Waals surface area contributed by atoms with Crippen LogP contribution in [0.2, 0.25) is 5.02 Å². The highest BCUT2D eigenvalue weighted by molar-refractivity contribution is 6.31. The van der Waals surface area contributed by atoms with Crippen molar-refractivity contribution in [2.45, 2.75) is 79.7 Å². The molecule has 1 saturated carbocycles. The highest BCUT2D eigenvalue weighted by atomic mass is 35.5. The van der Waals surface area contributed by atoms with Gasteiger partial charge in [0, 0.05) is 17.8 Å². The second kappa shape index (κ2) is 10.3. The molecule has 1 aromatic rings. The van der Waals surface area contributed by atoms with E-state index >= 15 is 0 Å². The van der Waals surface area contributed by atoms with E-state index < -0.39 is 5.54 Å². The number of carbonyl (C=O) groups is 2. The van der Waals surface area contributed by atoms with Gasteiger partial charge in [-0.2, -0.15) is 0 Å². The topological polar surface area (TPSA) is 58.6 Å².